The van der Waals surface area contributed by atoms with Gasteiger partial charge in [-0.1, -0.05) is 45.8 Å². The van der Waals surface area contributed by atoms with Gasteiger partial charge in [-0.05, 0) is 55.0 Å². The topological polar surface area (TPSA) is 52.6 Å². The summed E-state index contributed by atoms with van der Waals surface area (Å²) in [4.78, 5) is 24.8. The van der Waals surface area contributed by atoms with Crippen LogP contribution in [0.3, 0.4) is 0 Å². The van der Waals surface area contributed by atoms with Gasteiger partial charge in [0, 0.05) is 10.5 Å². The number of hydrogen-bond acceptors (Lipinski definition) is 4. The second-order valence-corrected chi connectivity index (χ2v) is 7.32. The molecule has 0 bridgehead atoms. The SMILES string of the molecule is Cc1ccc(C(=O)Oc2ccc3c(c2)OC(=Cc2cccc(Br)c2)C3=O)cc1. The molecule has 0 unspecified atom stereocenters. The Morgan fingerprint density at radius 3 is 2.57 bits per heavy atom. The quantitative estimate of drug-likeness (QED) is 0.306. The van der Waals surface area contributed by atoms with E-state index in [0.29, 0.717) is 22.6 Å². The van der Waals surface area contributed by atoms with E-state index in [4.69, 9.17) is 9.47 Å². The van der Waals surface area contributed by atoms with Crippen molar-refractivity contribution in [2.24, 2.45) is 0 Å². The highest BCUT2D eigenvalue weighted by atomic mass is 79.9. The summed E-state index contributed by atoms with van der Waals surface area (Å²) >= 11 is 3.41. The van der Waals surface area contributed by atoms with E-state index in [2.05, 4.69) is 15.9 Å². The van der Waals surface area contributed by atoms with Crippen molar-refractivity contribution < 1.29 is 19.1 Å². The molecule has 138 valence electrons. The molecule has 5 heteroatoms. The van der Waals surface area contributed by atoms with E-state index < -0.39 is 5.97 Å². The number of hydrogen-bond donors (Lipinski definition) is 0. The first kappa shape index (κ1) is 18.2. The van der Waals surface area contributed by atoms with Gasteiger partial charge in [0.05, 0.1) is 11.1 Å². The minimum Gasteiger partial charge on any atom is -0.452 e. The van der Waals surface area contributed by atoms with E-state index in [1.165, 1.54) is 0 Å². The third-order valence-corrected chi connectivity index (χ3v) is 4.78. The Labute approximate surface area is 170 Å². The molecule has 0 aromatic heterocycles. The van der Waals surface area contributed by atoms with Crippen LogP contribution in [0.15, 0.2) is 77.0 Å². The first-order valence-electron chi connectivity index (χ1n) is 8.62. The van der Waals surface area contributed by atoms with E-state index in [9.17, 15) is 9.59 Å². The van der Waals surface area contributed by atoms with Crippen molar-refractivity contribution in [3.8, 4) is 11.5 Å². The summed E-state index contributed by atoms with van der Waals surface area (Å²) in [6.45, 7) is 1.95. The zero-order valence-electron chi connectivity index (χ0n) is 14.9. The summed E-state index contributed by atoms with van der Waals surface area (Å²) in [7, 11) is 0. The molecule has 3 aromatic carbocycles. The number of ketones is 1. The minimum atomic E-state index is -0.464. The van der Waals surface area contributed by atoms with Gasteiger partial charge in [-0.3, -0.25) is 4.79 Å². The van der Waals surface area contributed by atoms with Gasteiger partial charge in [0.25, 0.3) is 0 Å². The van der Waals surface area contributed by atoms with Gasteiger partial charge in [-0.15, -0.1) is 0 Å². The van der Waals surface area contributed by atoms with Crippen molar-refractivity contribution in [2.45, 2.75) is 6.92 Å². The van der Waals surface area contributed by atoms with Crippen LogP contribution in [0.2, 0.25) is 0 Å². The van der Waals surface area contributed by atoms with Gasteiger partial charge in [-0.2, -0.15) is 0 Å². The highest BCUT2D eigenvalue weighted by molar-refractivity contribution is 9.10. The standard InChI is InChI=1S/C23H15BrO4/c1-14-5-7-16(8-6-14)23(26)27-18-9-10-19-20(13-18)28-21(22(19)25)12-15-3-2-4-17(24)11-15/h2-13H,1H3. The number of ether oxygens (including phenoxy) is 2. The fourth-order valence-corrected chi connectivity index (χ4v) is 3.25. The summed E-state index contributed by atoms with van der Waals surface area (Å²) < 4.78 is 12.0. The lowest BCUT2D eigenvalue weighted by molar-refractivity contribution is 0.0734. The maximum absolute atomic E-state index is 12.6. The largest absolute Gasteiger partial charge is 0.452 e. The van der Waals surface area contributed by atoms with E-state index in [1.807, 2.05) is 43.3 Å². The van der Waals surface area contributed by atoms with Crippen LogP contribution in [0.1, 0.15) is 31.8 Å². The molecule has 4 rings (SSSR count). The molecule has 0 aliphatic carbocycles. The maximum atomic E-state index is 12.6. The zero-order chi connectivity index (χ0) is 19.7. The molecule has 0 N–H and O–H groups in total. The van der Waals surface area contributed by atoms with Gasteiger partial charge in [0.15, 0.2) is 5.76 Å². The lowest BCUT2D eigenvalue weighted by Gasteiger charge is -2.06. The summed E-state index contributed by atoms with van der Waals surface area (Å²) in [6.07, 6.45) is 1.69. The molecule has 0 amide bonds. The van der Waals surface area contributed by atoms with Crippen molar-refractivity contribution in [3.05, 3.63) is 99.2 Å². The van der Waals surface area contributed by atoms with Gasteiger partial charge >= 0.3 is 5.97 Å². The van der Waals surface area contributed by atoms with Crippen molar-refractivity contribution in [1.29, 1.82) is 0 Å². The summed E-state index contributed by atoms with van der Waals surface area (Å²) in [5, 5.41) is 0. The maximum Gasteiger partial charge on any atom is 0.343 e. The lowest BCUT2D eigenvalue weighted by atomic mass is 10.1. The number of halogens is 1. The Bertz CT molecular complexity index is 1110. The number of aryl methyl sites for hydroxylation is 1. The minimum absolute atomic E-state index is 0.202. The molecule has 0 spiro atoms. The molecular formula is C23H15BrO4. The average Bonchev–Trinajstić information content (AvgIpc) is 2.97. The summed E-state index contributed by atoms with van der Waals surface area (Å²) in [5.41, 5.74) is 2.80. The van der Waals surface area contributed by atoms with Crippen molar-refractivity contribution in [2.75, 3.05) is 0 Å². The zero-order valence-corrected chi connectivity index (χ0v) is 16.5. The van der Waals surface area contributed by atoms with E-state index in [1.54, 1.807) is 36.4 Å². The second kappa shape index (κ2) is 7.44. The molecule has 1 aliphatic heterocycles. The molecule has 3 aromatic rings. The van der Waals surface area contributed by atoms with E-state index in [0.717, 1.165) is 15.6 Å². The predicted octanol–water partition coefficient (Wildman–Crippen LogP) is 5.59. The van der Waals surface area contributed by atoms with Crippen LogP contribution >= 0.6 is 15.9 Å². The fourth-order valence-electron chi connectivity index (χ4n) is 2.83. The molecule has 0 saturated heterocycles. The lowest BCUT2D eigenvalue weighted by Crippen LogP contribution is -2.08. The number of allylic oxidation sites excluding steroid dienone is 1. The van der Waals surface area contributed by atoms with Crippen LogP contribution in [0.5, 0.6) is 11.5 Å². The van der Waals surface area contributed by atoms with Gasteiger partial charge in [0.2, 0.25) is 5.78 Å². The number of esters is 1. The first-order chi connectivity index (χ1) is 13.5. The van der Waals surface area contributed by atoms with Crippen LogP contribution in [0.4, 0.5) is 0 Å². The molecule has 4 nitrogen and oxygen atoms in total. The van der Waals surface area contributed by atoms with Crippen molar-refractivity contribution in [3.63, 3.8) is 0 Å². The number of carbonyl (C=O) groups excluding carboxylic acids is 2. The summed E-state index contributed by atoms with van der Waals surface area (Å²) in [6, 6.07) is 19.4. The average molecular weight is 435 g/mol. The van der Waals surface area contributed by atoms with Gasteiger partial charge < -0.3 is 9.47 Å². The van der Waals surface area contributed by atoms with Crippen LogP contribution in [0.25, 0.3) is 6.08 Å². The highest BCUT2D eigenvalue weighted by Gasteiger charge is 2.28. The molecule has 0 saturated carbocycles. The Morgan fingerprint density at radius 1 is 1.04 bits per heavy atom. The van der Waals surface area contributed by atoms with Gasteiger partial charge in [0.1, 0.15) is 11.5 Å². The highest BCUT2D eigenvalue weighted by Crippen LogP contribution is 2.35. The van der Waals surface area contributed by atoms with Crippen LogP contribution < -0.4 is 9.47 Å². The monoisotopic (exact) mass is 434 g/mol. The first-order valence-corrected chi connectivity index (χ1v) is 9.41. The molecule has 1 heterocycles. The number of Topliss-reactive ketones (excluding diaryl/α,β-unsaturated/α-hetero) is 1. The normalized spacial score (nSPS) is 13.9. The van der Waals surface area contributed by atoms with E-state index >= 15 is 0 Å². The molecule has 0 radical (unpaired) electrons. The van der Waals surface area contributed by atoms with Crippen LogP contribution in [0, 0.1) is 6.92 Å². The smallest absolute Gasteiger partial charge is 0.343 e. The Kier molecular flexibility index (Phi) is 4.84. The molecular weight excluding hydrogens is 420 g/mol. The fraction of sp³-hybridized carbons (Fsp3) is 0.0435. The number of rotatable bonds is 3. The van der Waals surface area contributed by atoms with Crippen molar-refractivity contribution in [1.82, 2.24) is 0 Å². The third-order valence-electron chi connectivity index (χ3n) is 4.29. The summed E-state index contributed by atoms with van der Waals surface area (Å²) in [5.74, 6) is 0.261. The van der Waals surface area contributed by atoms with Gasteiger partial charge in [-0.25, -0.2) is 4.79 Å². The van der Waals surface area contributed by atoms with Crippen LogP contribution in [-0.2, 0) is 0 Å². The van der Waals surface area contributed by atoms with Crippen molar-refractivity contribution >= 4 is 33.8 Å². The predicted molar refractivity (Wildman–Crippen MR) is 110 cm³/mol. The number of benzene rings is 3. The van der Waals surface area contributed by atoms with Crippen LogP contribution in [-0.4, -0.2) is 11.8 Å². The Hall–Kier alpha value is -3.18. The number of carbonyl (C=O) groups is 2. The second-order valence-electron chi connectivity index (χ2n) is 6.41. The molecule has 0 fully saturated rings. The number of fused-ring (bicyclic) bond motifs is 1. The molecule has 0 atom stereocenters. The molecule has 28 heavy (non-hydrogen) atoms. The Morgan fingerprint density at radius 2 is 1.82 bits per heavy atom. The third kappa shape index (κ3) is 3.75. The van der Waals surface area contributed by atoms with E-state index in [-0.39, 0.29) is 11.5 Å². The molecule has 1 aliphatic rings. The Balaban J connectivity index is 1.55.